The van der Waals surface area contributed by atoms with Gasteiger partial charge in [0.15, 0.2) is 5.69 Å². The summed E-state index contributed by atoms with van der Waals surface area (Å²) in [5.74, 6) is -1.28. The van der Waals surface area contributed by atoms with Gasteiger partial charge in [-0.2, -0.15) is 10.4 Å². The van der Waals surface area contributed by atoms with E-state index in [9.17, 15) is 30.4 Å². The van der Waals surface area contributed by atoms with E-state index in [0.29, 0.717) is 21.8 Å². The van der Waals surface area contributed by atoms with Crippen LogP contribution in [0.5, 0.6) is 0 Å². The number of anilines is 2. The molecule has 12 nitrogen and oxygen atoms in total. The summed E-state index contributed by atoms with van der Waals surface area (Å²) in [5, 5.41) is 21.3. The van der Waals surface area contributed by atoms with Crippen molar-refractivity contribution in [2.75, 3.05) is 9.44 Å². The summed E-state index contributed by atoms with van der Waals surface area (Å²) in [5.41, 5.74) is 1.48. The van der Waals surface area contributed by atoms with Crippen molar-refractivity contribution in [3.63, 3.8) is 0 Å². The fourth-order valence-electron chi connectivity index (χ4n) is 3.96. The fraction of sp³-hybridized carbons (Fsp3) is 0. The number of nitrogens with zero attached hydrogens (tertiary/aromatic N) is 2. The Balaban J connectivity index is 0.000000171. The Kier molecular flexibility index (Phi) is 7.68. The number of H-pyrrole nitrogens is 3. The Morgan fingerprint density at radius 1 is 0.698 bits per heavy atom. The smallest absolute Gasteiger partial charge is 0.271 e. The maximum atomic E-state index is 13.2. The minimum Gasteiger partial charge on any atom is -0.298 e. The summed E-state index contributed by atoms with van der Waals surface area (Å²) >= 11 is 0. The first-order chi connectivity index (χ1) is 20.4. The Morgan fingerprint density at radius 2 is 1.23 bits per heavy atom. The molecule has 5 N–H and O–H groups in total. The maximum Gasteiger partial charge on any atom is 0.271 e. The van der Waals surface area contributed by atoms with Gasteiger partial charge >= 0.3 is 0 Å². The molecular weight excluding hydrogens is 604 g/mol. The van der Waals surface area contributed by atoms with E-state index in [1.807, 2.05) is 6.07 Å². The van der Waals surface area contributed by atoms with Crippen LogP contribution >= 0.6 is 0 Å². The van der Waals surface area contributed by atoms with Crippen molar-refractivity contribution in [1.29, 1.82) is 5.26 Å². The van der Waals surface area contributed by atoms with E-state index in [4.69, 9.17) is 5.26 Å². The second kappa shape index (κ2) is 11.4. The van der Waals surface area contributed by atoms with Gasteiger partial charge in [0.05, 0.1) is 26.2 Å². The van der Waals surface area contributed by atoms with Crippen LogP contribution in [0.15, 0.2) is 99.5 Å². The molecule has 0 aliphatic carbocycles. The number of rotatable bonds is 6. The molecule has 0 saturated carbocycles. The molecule has 16 heteroatoms. The van der Waals surface area contributed by atoms with Crippen molar-refractivity contribution >= 4 is 53.2 Å². The second-order valence-corrected chi connectivity index (χ2v) is 12.3. The molecule has 0 unspecified atom stereocenters. The number of sulfonamides is 2. The van der Waals surface area contributed by atoms with E-state index in [2.05, 4.69) is 29.8 Å². The monoisotopic (exact) mass is 623 g/mol. The topological polar surface area (TPSA) is 193 Å². The lowest BCUT2D eigenvalue weighted by atomic mass is 10.2. The van der Waals surface area contributed by atoms with E-state index in [1.54, 1.807) is 12.1 Å². The van der Waals surface area contributed by atoms with Gasteiger partial charge in [0.25, 0.3) is 25.6 Å². The molecule has 0 amide bonds. The molecule has 0 atom stereocenters. The molecule has 4 aromatic carbocycles. The molecular formula is C27H19F2N7O5S2. The molecule has 0 fully saturated rings. The highest BCUT2D eigenvalue weighted by Gasteiger charge is 2.17. The molecule has 2 aromatic heterocycles. The normalized spacial score (nSPS) is 11.5. The van der Waals surface area contributed by atoms with Crippen LogP contribution in [-0.4, -0.2) is 37.2 Å². The van der Waals surface area contributed by atoms with Crippen LogP contribution in [0.3, 0.4) is 0 Å². The van der Waals surface area contributed by atoms with E-state index >= 15 is 0 Å². The van der Waals surface area contributed by atoms with Crippen LogP contribution in [0.1, 0.15) is 5.69 Å². The standard InChI is InChI=1S/C14H9FN4O2S.C13H10FN3O3S/c15-9-2-1-3-11(6-9)22(20,21)19-10-4-5-13-12(7-10)14(8-16)18-17-13;14-8-2-1-3-10(6-8)21(19,20)17-9-4-5-12-11(7-9)13(18)16-15-12/h1-7,19H,(H,17,18);1-7,17H,(H2,15,16,18). The van der Waals surface area contributed by atoms with Gasteiger partial charge in [0, 0.05) is 16.8 Å². The molecule has 0 spiro atoms. The third-order valence-corrected chi connectivity index (χ3v) is 8.72. The molecule has 6 aromatic rings. The molecule has 218 valence electrons. The van der Waals surface area contributed by atoms with Crippen molar-refractivity contribution in [3.8, 4) is 6.07 Å². The molecule has 0 aliphatic rings. The summed E-state index contributed by atoms with van der Waals surface area (Å²) in [6.45, 7) is 0. The number of aromatic nitrogens is 4. The average Bonchev–Trinajstić information content (AvgIpc) is 3.55. The number of hydrogen-bond donors (Lipinski definition) is 5. The van der Waals surface area contributed by atoms with Gasteiger partial charge in [-0.25, -0.2) is 25.6 Å². The van der Waals surface area contributed by atoms with Gasteiger partial charge in [-0.1, -0.05) is 12.1 Å². The minimum atomic E-state index is -3.91. The van der Waals surface area contributed by atoms with Gasteiger partial charge in [0.2, 0.25) is 0 Å². The van der Waals surface area contributed by atoms with Crippen molar-refractivity contribution in [1.82, 2.24) is 20.4 Å². The molecule has 0 aliphatic heterocycles. The highest BCUT2D eigenvalue weighted by atomic mass is 32.2. The second-order valence-electron chi connectivity index (χ2n) is 8.91. The van der Waals surface area contributed by atoms with Crippen LogP contribution in [-0.2, 0) is 20.0 Å². The Bertz CT molecular complexity index is 2310. The number of aromatic amines is 3. The van der Waals surface area contributed by atoms with Crippen LogP contribution in [0.25, 0.3) is 21.8 Å². The van der Waals surface area contributed by atoms with Gasteiger partial charge in [-0.3, -0.25) is 29.5 Å². The Morgan fingerprint density at radius 3 is 1.77 bits per heavy atom. The summed E-state index contributed by atoms with van der Waals surface area (Å²) < 4.78 is 79.7. The van der Waals surface area contributed by atoms with E-state index < -0.39 is 31.7 Å². The number of nitriles is 1. The lowest BCUT2D eigenvalue weighted by Crippen LogP contribution is -2.13. The summed E-state index contributed by atoms with van der Waals surface area (Å²) in [6.07, 6.45) is 0. The molecule has 43 heavy (non-hydrogen) atoms. The van der Waals surface area contributed by atoms with Crippen LogP contribution < -0.4 is 15.0 Å². The molecule has 2 heterocycles. The summed E-state index contributed by atoms with van der Waals surface area (Å²) in [6, 6.07) is 20.4. The van der Waals surface area contributed by atoms with Crippen LogP contribution in [0.4, 0.5) is 20.2 Å². The molecule has 0 saturated heterocycles. The molecule has 0 bridgehead atoms. The first-order valence-corrected chi connectivity index (χ1v) is 15.1. The van der Waals surface area contributed by atoms with Gasteiger partial charge < -0.3 is 0 Å². The van der Waals surface area contributed by atoms with Gasteiger partial charge in [-0.05, 0) is 72.8 Å². The SMILES string of the molecule is N#Cc1n[nH]c2ccc(NS(=O)(=O)c3cccc(F)c3)cc12.O=c1[nH][nH]c2ccc(NS(=O)(=O)c3cccc(F)c3)cc12. The maximum absolute atomic E-state index is 13.2. The number of fused-ring (bicyclic) bond motifs is 2. The lowest BCUT2D eigenvalue weighted by molar-refractivity contribution is 0.594. The molecule has 0 radical (unpaired) electrons. The predicted molar refractivity (Wildman–Crippen MR) is 154 cm³/mol. The lowest BCUT2D eigenvalue weighted by Gasteiger charge is -2.08. The van der Waals surface area contributed by atoms with Gasteiger partial charge in [-0.15, -0.1) is 0 Å². The number of nitrogens with one attached hydrogen (secondary N) is 5. The van der Waals surface area contributed by atoms with E-state index in [1.165, 1.54) is 48.5 Å². The highest BCUT2D eigenvalue weighted by molar-refractivity contribution is 7.93. The quantitative estimate of drug-likeness (QED) is 0.184. The summed E-state index contributed by atoms with van der Waals surface area (Å²) in [7, 11) is -7.82. The zero-order valence-electron chi connectivity index (χ0n) is 21.6. The van der Waals surface area contributed by atoms with E-state index in [-0.39, 0.29) is 32.4 Å². The third-order valence-electron chi connectivity index (χ3n) is 5.96. The Labute approximate surface area is 242 Å². The average molecular weight is 624 g/mol. The number of halogens is 2. The zero-order chi connectivity index (χ0) is 30.8. The van der Waals surface area contributed by atoms with Gasteiger partial charge in [0.1, 0.15) is 17.7 Å². The Hall–Kier alpha value is -5.53. The molecule has 6 rings (SSSR count). The minimum absolute atomic E-state index is 0.168. The zero-order valence-corrected chi connectivity index (χ0v) is 23.2. The van der Waals surface area contributed by atoms with Crippen LogP contribution in [0, 0.1) is 23.0 Å². The number of benzene rings is 4. The largest absolute Gasteiger partial charge is 0.298 e. The predicted octanol–water partition coefficient (Wildman–Crippen LogP) is 4.17. The first-order valence-electron chi connectivity index (χ1n) is 12.1. The van der Waals surface area contributed by atoms with Crippen LogP contribution in [0.2, 0.25) is 0 Å². The fourth-order valence-corrected chi connectivity index (χ4v) is 6.12. The summed E-state index contributed by atoms with van der Waals surface area (Å²) in [4.78, 5) is 11.1. The third kappa shape index (κ3) is 6.37. The first kappa shape index (κ1) is 29.0. The van der Waals surface area contributed by atoms with E-state index in [0.717, 1.165) is 24.3 Å². The van der Waals surface area contributed by atoms with Crippen molar-refractivity contribution < 1.29 is 25.6 Å². The highest BCUT2D eigenvalue weighted by Crippen LogP contribution is 2.23. The van der Waals surface area contributed by atoms with Crippen molar-refractivity contribution in [3.05, 3.63) is 113 Å². The van der Waals surface area contributed by atoms with Crippen molar-refractivity contribution in [2.24, 2.45) is 0 Å². The van der Waals surface area contributed by atoms with Crippen molar-refractivity contribution in [2.45, 2.75) is 9.79 Å². The number of hydrogen-bond acceptors (Lipinski definition) is 7.